The molecule has 1 N–H and O–H groups in total. The molecule has 1 rings (SSSR count). The first-order valence-electron chi connectivity index (χ1n) is 4.72. The maximum absolute atomic E-state index is 10.5. The van der Waals surface area contributed by atoms with Crippen molar-refractivity contribution in [3.05, 3.63) is 0 Å². The quantitative estimate of drug-likeness (QED) is 0.691. The van der Waals surface area contributed by atoms with E-state index in [1.54, 1.807) is 0 Å². The van der Waals surface area contributed by atoms with E-state index in [1.807, 2.05) is 0 Å². The van der Waals surface area contributed by atoms with Gasteiger partial charge in [-0.2, -0.15) is 0 Å². The summed E-state index contributed by atoms with van der Waals surface area (Å²) in [6.07, 6.45) is 3.83. The third-order valence-corrected chi connectivity index (χ3v) is 2.58. The molecule has 0 aliphatic carbocycles. The lowest BCUT2D eigenvalue weighted by Gasteiger charge is -2.29. The average Bonchev–Trinajstić information content (AvgIpc) is 2.06. The van der Waals surface area contributed by atoms with E-state index in [2.05, 4.69) is 6.92 Å². The second kappa shape index (κ2) is 4.33. The Balaban J connectivity index is 2.25. The Bertz CT molecular complexity index is 151. The first-order valence-corrected chi connectivity index (χ1v) is 4.72. The van der Waals surface area contributed by atoms with E-state index in [1.165, 1.54) is 17.7 Å². The van der Waals surface area contributed by atoms with Crippen molar-refractivity contribution in [1.29, 1.82) is 0 Å². The highest BCUT2D eigenvalue weighted by Crippen LogP contribution is 2.21. The molecule has 0 spiro atoms. The van der Waals surface area contributed by atoms with E-state index in [4.69, 9.17) is 5.11 Å². The van der Waals surface area contributed by atoms with E-state index < -0.39 is 6.09 Å². The normalized spacial score (nSPS) is 19.6. The number of carbonyl (C=O) groups is 1. The molecule has 1 aliphatic heterocycles. The topological polar surface area (TPSA) is 40.5 Å². The predicted octanol–water partition coefficient (Wildman–Crippen LogP) is 2.18. The molecule has 0 aromatic rings. The van der Waals surface area contributed by atoms with Gasteiger partial charge in [-0.25, -0.2) is 4.79 Å². The second-order valence-corrected chi connectivity index (χ2v) is 3.50. The van der Waals surface area contributed by atoms with Crippen LogP contribution in [0.1, 0.15) is 32.6 Å². The van der Waals surface area contributed by atoms with Crippen molar-refractivity contribution < 1.29 is 9.90 Å². The van der Waals surface area contributed by atoms with Gasteiger partial charge in [0.15, 0.2) is 0 Å². The molecule has 1 fully saturated rings. The van der Waals surface area contributed by atoms with Gasteiger partial charge < -0.3 is 10.0 Å². The first kappa shape index (κ1) is 9.36. The molecule has 0 bridgehead atoms. The molecule has 3 nitrogen and oxygen atoms in total. The van der Waals surface area contributed by atoms with Crippen LogP contribution in [0.3, 0.4) is 0 Å². The maximum atomic E-state index is 10.5. The Morgan fingerprint density at radius 3 is 2.50 bits per heavy atom. The van der Waals surface area contributed by atoms with Crippen molar-refractivity contribution in [2.24, 2.45) is 5.92 Å². The third kappa shape index (κ3) is 2.40. The van der Waals surface area contributed by atoms with Crippen LogP contribution in [0.4, 0.5) is 4.79 Å². The molecular weight excluding hydrogens is 154 g/mol. The zero-order valence-corrected chi connectivity index (χ0v) is 7.62. The van der Waals surface area contributed by atoms with Crippen LogP contribution < -0.4 is 0 Å². The Kier molecular flexibility index (Phi) is 3.38. The minimum absolute atomic E-state index is 0.736. The van der Waals surface area contributed by atoms with E-state index in [0.717, 1.165) is 31.8 Å². The number of hydrogen-bond donors (Lipinski definition) is 1. The van der Waals surface area contributed by atoms with Crippen LogP contribution >= 0.6 is 0 Å². The molecule has 0 aromatic heterocycles. The van der Waals surface area contributed by atoms with Crippen molar-refractivity contribution in [3.8, 4) is 0 Å². The lowest BCUT2D eigenvalue weighted by Crippen LogP contribution is -2.37. The summed E-state index contributed by atoms with van der Waals surface area (Å²) in [4.78, 5) is 12.1. The highest BCUT2D eigenvalue weighted by molar-refractivity contribution is 5.64. The predicted molar refractivity (Wildman–Crippen MR) is 47.2 cm³/mol. The standard InChI is InChI=1S/C9H17NO2/c1-2-3-8-4-6-10(7-5-8)9(11)12/h8H,2-7H2,1H3,(H,11,12). The lowest BCUT2D eigenvalue weighted by molar-refractivity contribution is 0.123. The van der Waals surface area contributed by atoms with Gasteiger partial charge in [-0.3, -0.25) is 0 Å². The fourth-order valence-corrected chi connectivity index (χ4v) is 1.82. The molecule has 70 valence electrons. The van der Waals surface area contributed by atoms with Crippen LogP contribution in [0.25, 0.3) is 0 Å². The fourth-order valence-electron chi connectivity index (χ4n) is 1.82. The summed E-state index contributed by atoms with van der Waals surface area (Å²) in [7, 11) is 0. The molecule has 1 saturated heterocycles. The van der Waals surface area contributed by atoms with Gasteiger partial charge in [-0.15, -0.1) is 0 Å². The van der Waals surface area contributed by atoms with Gasteiger partial charge >= 0.3 is 6.09 Å². The minimum Gasteiger partial charge on any atom is -0.465 e. The van der Waals surface area contributed by atoms with Crippen LogP contribution in [-0.4, -0.2) is 29.2 Å². The van der Waals surface area contributed by atoms with Crippen molar-refractivity contribution in [2.75, 3.05) is 13.1 Å². The summed E-state index contributed by atoms with van der Waals surface area (Å²) in [5.41, 5.74) is 0. The van der Waals surface area contributed by atoms with Gasteiger partial charge in [0.2, 0.25) is 0 Å². The number of rotatable bonds is 2. The Morgan fingerprint density at radius 1 is 1.50 bits per heavy atom. The van der Waals surface area contributed by atoms with Crippen molar-refractivity contribution in [2.45, 2.75) is 32.6 Å². The van der Waals surface area contributed by atoms with Crippen LogP contribution in [0, 0.1) is 5.92 Å². The van der Waals surface area contributed by atoms with Crippen LogP contribution in [0.5, 0.6) is 0 Å². The van der Waals surface area contributed by atoms with Gasteiger partial charge in [0.1, 0.15) is 0 Å². The summed E-state index contributed by atoms with van der Waals surface area (Å²) in [6.45, 7) is 3.66. The van der Waals surface area contributed by atoms with Crippen molar-refractivity contribution in [3.63, 3.8) is 0 Å². The van der Waals surface area contributed by atoms with E-state index in [9.17, 15) is 4.79 Å². The molecule has 3 heteroatoms. The summed E-state index contributed by atoms with van der Waals surface area (Å²) in [5.74, 6) is 0.769. The molecular formula is C9H17NO2. The Hall–Kier alpha value is -0.730. The minimum atomic E-state index is -0.759. The Labute approximate surface area is 73.4 Å². The van der Waals surface area contributed by atoms with Gasteiger partial charge in [0.05, 0.1) is 0 Å². The zero-order valence-electron chi connectivity index (χ0n) is 7.62. The van der Waals surface area contributed by atoms with Gasteiger partial charge in [0, 0.05) is 13.1 Å². The second-order valence-electron chi connectivity index (χ2n) is 3.50. The molecule has 1 amide bonds. The molecule has 0 aromatic carbocycles. The third-order valence-electron chi connectivity index (χ3n) is 2.58. The van der Waals surface area contributed by atoms with E-state index in [0.29, 0.717) is 0 Å². The van der Waals surface area contributed by atoms with Gasteiger partial charge in [-0.05, 0) is 18.8 Å². The summed E-state index contributed by atoms with van der Waals surface area (Å²) >= 11 is 0. The lowest BCUT2D eigenvalue weighted by atomic mass is 9.93. The van der Waals surface area contributed by atoms with Crippen LogP contribution in [0.2, 0.25) is 0 Å². The summed E-state index contributed by atoms with van der Waals surface area (Å²) < 4.78 is 0. The maximum Gasteiger partial charge on any atom is 0.407 e. The molecule has 12 heavy (non-hydrogen) atoms. The van der Waals surface area contributed by atoms with Crippen molar-refractivity contribution in [1.82, 2.24) is 4.90 Å². The average molecular weight is 171 g/mol. The monoisotopic (exact) mass is 171 g/mol. The fraction of sp³-hybridized carbons (Fsp3) is 0.889. The van der Waals surface area contributed by atoms with Crippen LogP contribution in [0.15, 0.2) is 0 Å². The van der Waals surface area contributed by atoms with Crippen molar-refractivity contribution >= 4 is 6.09 Å². The van der Waals surface area contributed by atoms with E-state index in [-0.39, 0.29) is 0 Å². The largest absolute Gasteiger partial charge is 0.465 e. The number of likely N-dealkylation sites (tertiary alicyclic amines) is 1. The summed E-state index contributed by atoms with van der Waals surface area (Å²) in [6, 6.07) is 0. The molecule has 0 unspecified atom stereocenters. The number of piperidine rings is 1. The number of amides is 1. The molecule has 1 aliphatic rings. The number of nitrogens with zero attached hydrogens (tertiary/aromatic N) is 1. The molecule has 1 heterocycles. The van der Waals surface area contributed by atoms with E-state index >= 15 is 0 Å². The van der Waals surface area contributed by atoms with Gasteiger partial charge in [0.25, 0.3) is 0 Å². The molecule has 0 radical (unpaired) electrons. The summed E-state index contributed by atoms with van der Waals surface area (Å²) in [5, 5.41) is 8.68. The smallest absolute Gasteiger partial charge is 0.407 e. The number of hydrogen-bond acceptors (Lipinski definition) is 1. The highest BCUT2D eigenvalue weighted by atomic mass is 16.4. The highest BCUT2D eigenvalue weighted by Gasteiger charge is 2.21. The van der Waals surface area contributed by atoms with Gasteiger partial charge in [-0.1, -0.05) is 19.8 Å². The number of carboxylic acid groups (broad SMARTS) is 1. The molecule has 0 atom stereocenters. The zero-order chi connectivity index (χ0) is 8.97. The molecule has 0 saturated carbocycles. The Morgan fingerprint density at radius 2 is 2.08 bits per heavy atom. The SMILES string of the molecule is CCCC1CCN(C(=O)O)CC1. The first-order chi connectivity index (χ1) is 5.74. The van der Waals surface area contributed by atoms with Crippen LogP contribution in [-0.2, 0) is 0 Å².